The largest absolute Gasteiger partial charge is 0.385 e. The number of nitro benzene ring substituents is 1. The Hall–Kier alpha value is -1.96. The molecule has 2 N–H and O–H groups in total. The van der Waals surface area contributed by atoms with Gasteiger partial charge >= 0.3 is 0 Å². The van der Waals surface area contributed by atoms with Crippen molar-refractivity contribution < 1.29 is 13.9 Å². The van der Waals surface area contributed by atoms with Crippen LogP contribution in [0, 0.1) is 10.1 Å². The lowest BCUT2D eigenvalue weighted by Gasteiger charge is -2.11. The van der Waals surface area contributed by atoms with E-state index in [0.717, 1.165) is 0 Å². The summed E-state index contributed by atoms with van der Waals surface area (Å²) in [5.41, 5.74) is 0.615. The molecule has 1 atom stereocenters. The van der Waals surface area contributed by atoms with Gasteiger partial charge in [0, 0.05) is 53.2 Å². The average Bonchev–Trinajstić information content (AvgIpc) is 2.47. The third-order valence-electron chi connectivity index (χ3n) is 2.76. The molecule has 1 aromatic carbocycles. The van der Waals surface area contributed by atoms with Crippen molar-refractivity contribution in [2.45, 2.75) is 13.8 Å². The molecular weight excluding hydrogens is 294 g/mol. The van der Waals surface area contributed by atoms with Crippen LogP contribution >= 0.6 is 0 Å². The van der Waals surface area contributed by atoms with Crippen molar-refractivity contribution in [2.24, 2.45) is 0 Å². The second kappa shape index (κ2) is 8.35. The lowest BCUT2D eigenvalue weighted by molar-refractivity contribution is -0.384. The molecule has 116 valence electrons. The van der Waals surface area contributed by atoms with Crippen molar-refractivity contribution in [3.63, 3.8) is 0 Å². The third-order valence-corrected chi connectivity index (χ3v) is 4.07. The zero-order valence-corrected chi connectivity index (χ0v) is 12.9. The molecule has 0 fully saturated rings. The molecule has 0 saturated heterocycles. The van der Waals surface area contributed by atoms with Gasteiger partial charge in [0.1, 0.15) is 0 Å². The minimum Gasteiger partial charge on any atom is -0.385 e. The highest BCUT2D eigenvalue weighted by Gasteiger charge is 2.16. The number of hydrogen-bond donors (Lipinski definition) is 2. The molecule has 0 radical (unpaired) electrons. The third kappa shape index (κ3) is 5.14. The number of nitro groups is 1. The number of non-ortho nitro benzene ring substituents is 1. The number of amides is 1. The van der Waals surface area contributed by atoms with Gasteiger partial charge in [-0.25, -0.2) is 0 Å². The standard InChI is InChI=1S/C13H19N3O4S/c1-3-14-12-6-5-10(16(18)19)9-11(12)13(17)15-7-8-21(20)4-2/h5-6,9,14H,3-4,7-8H2,1-2H3,(H,15,17). The summed E-state index contributed by atoms with van der Waals surface area (Å²) in [6, 6.07) is 4.10. The van der Waals surface area contributed by atoms with Gasteiger partial charge in [-0.1, -0.05) is 6.92 Å². The fourth-order valence-corrected chi connectivity index (χ4v) is 2.31. The maximum absolute atomic E-state index is 12.1. The summed E-state index contributed by atoms with van der Waals surface area (Å²) in [5, 5.41) is 16.4. The van der Waals surface area contributed by atoms with Crippen LogP contribution in [-0.4, -0.2) is 39.6 Å². The Bertz CT molecular complexity index is 548. The van der Waals surface area contributed by atoms with E-state index in [-0.39, 0.29) is 17.8 Å². The predicted octanol–water partition coefficient (Wildman–Crippen LogP) is 1.52. The van der Waals surface area contributed by atoms with E-state index in [9.17, 15) is 19.1 Å². The summed E-state index contributed by atoms with van der Waals surface area (Å²) in [4.78, 5) is 22.4. The number of anilines is 1. The van der Waals surface area contributed by atoms with Crippen molar-refractivity contribution in [3.8, 4) is 0 Å². The Morgan fingerprint density at radius 1 is 1.38 bits per heavy atom. The van der Waals surface area contributed by atoms with Gasteiger partial charge in [-0.2, -0.15) is 0 Å². The number of benzene rings is 1. The lowest BCUT2D eigenvalue weighted by Crippen LogP contribution is -2.28. The van der Waals surface area contributed by atoms with Crippen LogP contribution in [0.1, 0.15) is 24.2 Å². The predicted molar refractivity (Wildman–Crippen MR) is 83.1 cm³/mol. The Balaban J connectivity index is 2.86. The fourth-order valence-electron chi connectivity index (χ4n) is 1.70. The van der Waals surface area contributed by atoms with E-state index < -0.39 is 21.6 Å². The van der Waals surface area contributed by atoms with Crippen molar-refractivity contribution >= 4 is 28.1 Å². The van der Waals surface area contributed by atoms with Crippen LogP contribution in [0.3, 0.4) is 0 Å². The van der Waals surface area contributed by atoms with Crippen LogP contribution in [0.15, 0.2) is 18.2 Å². The van der Waals surface area contributed by atoms with Gasteiger partial charge in [0.05, 0.1) is 10.5 Å². The summed E-state index contributed by atoms with van der Waals surface area (Å²) < 4.78 is 11.3. The molecule has 0 saturated carbocycles. The zero-order chi connectivity index (χ0) is 15.8. The average molecular weight is 313 g/mol. The number of carbonyl (C=O) groups is 1. The molecule has 0 aliphatic carbocycles. The Kier molecular flexibility index (Phi) is 6.80. The summed E-state index contributed by atoms with van der Waals surface area (Å²) in [6.07, 6.45) is 0. The maximum Gasteiger partial charge on any atom is 0.270 e. The zero-order valence-electron chi connectivity index (χ0n) is 12.0. The van der Waals surface area contributed by atoms with Gasteiger partial charge in [-0.15, -0.1) is 0 Å². The van der Waals surface area contributed by atoms with Gasteiger partial charge < -0.3 is 10.6 Å². The molecule has 0 heterocycles. The van der Waals surface area contributed by atoms with E-state index in [2.05, 4.69) is 10.6 Å². The lowest BCUT2D eigenvalue weighted by atomic mass is 10.1. The number of rotatable bonds is 8. The maximum atomic E-state index is 12.1. The molecule has 0 aromatic heterocycles. The Morgan fingerprint density at radius 2 is 2.10 bits per heavy atom. The van der Waals surface area contributed by atoms with Crippen LogP contribution in [0.4, 0.5) is 11.4 Å². The first-order valence-corrected chi connectivity index (χ1v) is 8.13. The van der Waals surface area contributed by atoms with Crippen LogP contribution in [-0.2, 0) is 10.8 Å². The first kappa shape index (κ1) is 17.1. The second-order valence-electron chi connectivity index (χ2n) is 4.21. The van der Waals surface area contributed by atoms with Gasteiger partial charge in [0.2, 0.25) is 0 Å². The van der Waals surface area contributed by atoms with Crippen molar-refractivity contribution in [3.05, 3.63) is 33.9 Å². The summed E-state index contributed by atoms with van der Waals surface area (Å²) >= 11 is 0. The second-order valence-corrected chi connectivity index (χ2v) is 6.07. The van der Waals surface area contributed by atoms with Crippen LogP contribution in [0.2, 0.25) is 0 Å². The number of nitrogens with zero attached hydrogens (tertiary/aromatic N) is 1. The molecule has 0 bridgehead atoms. The minimum absolute atomic E-state index is 0.140. The normalized spacial score (nSPS) is 11.7. The van der Waals surface area contributed by atoms with E-state index in [0.29, 0.717) is 23.7 Å². The number of hydrogen-bond acceptors (Lipinski definition) is 5. The highest BCUT2D eigenvalue weighted by atomic mass is 32.2. The van der Waals surface area contributed by atoms with E-state index in [1.165, 1.54) is 18.2 Å². The SMILES string of the molecule is CCNc1ccc([N+](=O)[O-])cc1C(=O)NCCS(=O)CC. The highest BCUT2D eigenvalue weighted by molar-refractivity contribution is 7.84. The van der Waals surface area contributed by atoms with Crippen LogP contribution in [0.5, 0.6) is 0 Å². The fraction of sp³-hybridized carbons (Fsp3) is 0.462. The van der Waals surface area contributed by atoms with Crippen molar-refractivity contribution in [1.29, 1.82) is 0 Å². The van der Waals surface area contributed by atoms with E-state index in [1.807, 2.05) is 13.8 Å². The van der Waals surface area contributed by atoms with Gasteiger partial charge in [0.25, 0.3) is 11.6 Å². The van der Waals surface area contributed by atoms with Gasteiger partial charge in [-0.3, -0.25) is 19.1 Å². The summed E-state index contributed by atoms with van der Waals surface area (Å²) in [5.74, 6) is 0.492. The molecule has 0 aliphatic rings. The molecule has 21 heavy (non-hydrogen) atoms. The molecule has 0 spiro atoms. The summed E-state index contributed by atoms with van der Waals surface area (Å²) in [6.45, 7) is 4.54. The topological polar surface area (TPSA) is 101 Å². The highest BCUT2D eigenvalue weighted by Crippen LogP contribution is 2.22. The van der Waals surface area contributed by atoms with Crippen molar-refractivity contribution in [2.75, 3.05) is 29.9 Å². The molecule has 7 nitrogen and oxygen atoms in total. The molecule has 1 rings (SSSR count). The molecule has 0 aliphatic heterocycles. The smallest absolute Gasteiger partial charge is 0.270 e. The first-order valence-electron chi connectivity index (χ1n) is 6.65. The number of carbonyl (C=O) groups excluding carboxylic acids is 1. The van der Waals surface area contributed by atoms with Gasteiger partial charge in [0.15, 0.2) is 0 Å². The van der Waals surface area contributed by atoms with Crippen molar-refractivity contribution in [1.82, 2.24) is 5.32 Å². The minimum atomic E-state index is -0.959. The van der Waals surface area contributed by atoms with Crippen LogP contribution < -0.4 is 10.6 Å². The molecule has 1 unspecified atom stereocenters. The van der Waals surface area contributed by atoms with Gasteiger partial charge in [-0.05, 0) is 13.0 Å². The Labute approximate surface area is 125 Å². The molecule has 8 heteroatoms. The quantitative estimate of drug-likeness (QED) is 0.560. The number of nitrogens with one attached hydrogen (secondary N) is 2. The van der Waals surface area contributed by atoms with E-state index in [1.54, 1.807) is 0 Å². The Morgan fingerprint density at radius 3 is 2.67 bits per heavy atom. The molecular formula is C13H19N3O4S. The summed E-state index contributed by atoms with van der Waals surface area (Å²) in [7, 11) is -0.959. The molecule has 1 aromatic rings. The monoisotopic (exact) mass is 313 g/mol. The first-order chi connectivity index (χ1) is 9.99. The van der Waals surface area contributed by atoms with E-state index in [4.69, 9.17) is 0 Å². The van der Waals surface area contributed by atoms with Crippen LogP contribution in [0.25, 0.3) is 0 Å². The van der Waals surface area contributed by atoms with E-state index >= 15 is 0 Å². The molecule has 1 amide bonds.